The fourth-order valence-corrected chi connectivity index (χ4v) is 2.56. The lowest BCUT2D eigenvalue weighted by Crippen LogP contribution is -2.35. The summed E-state index contributed by atoms with van der Waals surface area (Å²) in [6, 6.07) is 4.64. The van der Waals surface area contributed by atoms with Crippen molar-refractivity contribution in [2.75, 3.05) is 31.7 Å². The van der Waals surface area contributed by atoms with Crippen LogP contribution >= 0.6 is 0 Å². The molecule has 20 heavy (non-hydrogen) atoms. The minimum Gasteiger partial charge on any atom is -0.409 e. The summed E-state index contributed by atoms with van der Waals surface area (Å²) in [5, 5.41) is 11.5. The van der Waals surface area contributed by atoms with Crippen LogP contribution in [0.4, 0.5) is 10.1 Å². The Morgan fingerprint density at radius 3 is 2.75 bits per heavy atom. The molecular weight excluding hydrogens is 261 g/mol. The van der Waals surface area contributed by atoms with Gasteiger partial charge >= 0.3 is 0 Å². The Morgan fingerprint density at radius 2 is 2.20 bits per heavy atom. The number of hydrogen-bond donors (Lipinski definition) is 2. The van der Waals surface area contributed by atoms with Crippen LogP contribution < -0.4 is 10.6 Å². The standard InChI is InChI=1S/C14H20FN3O2/c1-20-9-10-4-6-18(7-5-10)13-3-2-11(8-12(13)15)14(16)17-19/h2-3,8,10,19H,4-7,9H2,1H3,(H2,16,17). The highest BCUT2D eigenvalue weighted by atomic mass is 19.1. The number of oxime groups is 1. The quantitative estimate of drug-likeness (QED) is 0.382. The number of ether oxygens (including phenoxy) is 1. The van der Waals surface area contributed by atoms with Gasteiger partial charge in [-0.1, -0.05) is 5.16 Å². The van der Waals surface area contributed by atoms with Crippen LogP contribution in [0.5, 0.6) is 0 Å². The van der Waals surface area contributed by atoms with Gasteiger partial charge in [-0.3, -0.25) is 0 Å². The van der Waals surface area contributed by atoms with E-state index in [1.807, 2.05) is 4.90 Å². The van der Waals surface area contributed by atoms with Crippen molar-refractivity contribution in [3.63, 3.8) is 0 Å². The van der Waals surface area contributed by atoms with E-state index in [1.165, 1.54) is 6.07 Å². The molecule has 0 aliphatic carbocycles. The second kappa shape index (κ2) is 6.56. The molecule has 0 atom stereocenters. The number of nitrogens with two attached hydrogens (primary N) is 1. The van der Waals surface area contributed by atoms with Gasteiger partial charge in [0.1, 0.15) is 5.82 Å². The molecule has 0 bridgehead atoms. The van der Waals surface area contributed by atoms with E-state index < -0.39 is 0 Å². The van der Waals surface area contributed by atoms with Gasteiger partial charge < -0.3 is 20.6 Å². The Bertz CT molecular complexity index is 485. The molecule has 0 radical (unpaired) electrons. The van der Waals surface area contributed by atoms with Crippen molar-refractivity contribution in [1.29, 1.82) is 0 Å². The zero-order chi connectivity index (χ0) is 14.5. The SMILES string of the molecule is COCC1CCN(c2ccc(C(N)=NO)cc2F)CC1. The van der Waals surface area contributed by atoms with Gasteiger partial charge in [0.2, 0.25) is 0 Å². The van der Waals surface area contributed by atoms with Crippen LogP contribution in [-0.4, -0.2) is 37.8 Å². The largest absolute Gasteiger partial charge is 0.409 e. The van der Waals surface area contributed by atoms with Crippen molar-refractivity contribution in [2.24, 2.45) is 16.8 Å². The van der Waals surface area contributed by atoms with Crippen LogP contribution in [0, 0.1) is 11.7 Å². The lowest BCUT2D eigenvalue weighted by molar-refractivity contribution is 0.139. The smallest absolute Gasteiger partial charge is 0.170 e. The Morgan fingerprint density at radius 1 is 1.50 bits per heavy atom. The summed E-state index contributed by atoms with van der Waals surface area (Å²) in [4.78, 5) is 2.03. The van der Waals surface area contributed by atoms with E-state index in [1.54, 1.807) is 19.2 Å². The Hall–Kier alpha value is -1.82. The minimum atomic E-state index is -0.348. The molecule has 0 unspecified atom stereocenters. The highest BCUT2D eigenvalue weighted by molar-refractivity contribution is 5.97. The fraction of sp³-hybridized carbons (Fsp3) is 0.500. The van der Waals surface area contributed by atoms with Crippen LogP contribution in [0.2, 0.25) is 0 Å². The Balaban J connectivity index is 2.07. The van der Waals surface area contributed by atoms with Gasteiger partial charge in [-0.2, -0.15) is 0 Å². The number of hydrogen-bond acceptors (Lipinski definition) is 4. The van der Waals surface area contributed by atoms with E-state index in [4.69, 9.17) is 15.7 Å². The van der Waals surface area contributed by atoms with Crippen molar-refractivity contribution >= 4 is 11.5 Å². The molecule has 1 heterocycles. The summed E-state index contributed by atoms with van der Waals surface area (Å²) < 4.78 is 19.3. The van der Waals surface area contributed by atoms with E-state index in [0.29, 0.717) is 17.2 Å². The third-order valence-corrected chi connectivity index (χ3v) is 3.71. The summed E-state index contributed by atoms with van der Waals surface area (Å²) >= 11 is 0. The van der Waals surface area contributed by atoms with Crippen molar-refractivity contribution < 1.29 is 14.3 Å². The van der Waals surface area contributed by atoms with E-state index >= 15 is 0 Å². The minimum absolute atomic E-state index is 0.0887. The van der Waals surface area contributed by atoms with Crippen LogP contribution in [0.1, 0.15) is 18.4 Å². The maximum atomic E-state index is 14.1. The Kier molecular flexibility index (Phi) is 4.79. The summed E-state index contributed by atoms with van der Waals surface area (Å²) in [5.41, 5.74) is 6.39. The first-order valence-corrected chi connectivity index (χ1v) is 6.67. The average molecular weight is 281 g/mol. The number of amidine groups is 1. The number of nitrogens with zero attached hydrogens (tertiary/aromatic N) is 2. The van der Waals surface area contributed by atoms with Gasteiger partial charge in [0.25, 0.3) is 0 Å². The molecule has 0 spiro atoms. The summed E-state index contributed by atoms with van der Waals surface area (Å²) in [5.74, 6) is 0.115. The molecule has 0 saturated carbocycles. The fourth-order valence-electron chi connectivity index (χ4n) is 2.56. The molecule has 0 amide bonds. The predicted molar refractivity (Wildman–Crippen MR) is 75.7 cm³/mol. The lowest BCUT2D eigenvalue weighted by Gasteiger charge is -2.33. The molecule has 1 aliphatic rings. The number of rotatable bonds is 4. The molecule has 6 heteroatoms. The predicted octanol–water partition coefficient (Wildman–Crippen LogP) is 1.78. The topological polar surface area (TPSA) is 71.1 Å². The van der Waals surface area contributed by atoms with Crippen molar-refractivity contribution in [2.45, 2.75) is 12.8 Å². The zero-order valence-electron chi connectivity index (χ0n) is 11.6. The van der Waals surface area contributed by atoms with Crippen LogP contribution in [0.15, 0.2) is 23.4 Å². The molecule has 1 aromatic carbocycles. The molecule has 0 aromatic heterocycles. The average Bonchev–Trinajstić information content (AvgIpc) is 2.47. The van der Waals surface area contributed by atoms with Crippen LogP contribution in [0.3, 0.4) is 0 Å². The number of halogens is 1. The second-order valence-electron chi connectivity index (χ2n) is 5.04. The molecule has 1 saturated heterocycles. The molecular formula is C14H20FN3O2. The number of piperidine rings is 1. The number of anilines is 1. The van der Waals surface area contributed by atoms with Gasteiger partial charge in [0.15, 0.2) is 5.84 Å². The first-order chi connectivity index (χ1) is 9.65. The summed E-state index contributed by atoms with van der Waals surface area (Å²) in [7, 11) is 1.71. The zero-order valence-corrected chi connectivity index (χ0v) is 11.6. The van der Waals surface area contributed by atoms with Crippen molar-refractivity contribution in [3.05, 3.63) is 29.6 Å². The third-order valence-electron chi connectivity index (χ3n) is 3.71. The maximum Gasteiger partial charge on any atom is 0.170 e. The molecule has 3 N–H and O–H groups in total. The second-order valence-corrected chi connectivity index (χ2v) is 5.04. The number of methoxy groups -OCH3 is 1. The first kappa shape index (κ1) is 14.6. The highest BCUT2D eigenvalue weighted by Crippen LogP contribution is 2.26. The van der Waals surface area contributed by atoms with Crippen LogP contribution in [0.25, 0.3) is 0 Å². The normalized spacial score (nSPS) is 17.5. The van der Waals surface area contributed by atoms with Gasteiger partial charge in [-0.25, -0.2) is 4.39 Å². The molecule has 5 nitrogen and oxygen atoms in total. The molecule has 1 aromatic rings. The first-order valence-electron chi connectivity index (χ1n) is 6.67. The summed E-state index contributed by atoms with van der Waals surface area (Å²) in [6.07, 6.45) is 1.99. The van der Waals surface area contributed by atoms with Gasteiger partial charge in [-0.05, 0) is 37.0 Å². The van der Waals surface area contributed by atoms with Crippen molar-refractivity contribution in [3.8, 4) is 0 Å². The van der Waals surface area contributed by atoms with E-state index in [-0.39, 0.29) is 11.7 Å². The molecule has 1 fully saturated rings. The lowest BCUT2D eigenvalue weighted by atomic mass is 9.97. The monoisotopic (exact) mass is 281 g/mol. The third kappa shape index (κ3) is 3.19. The molecule has 1 aliphatic heterocycles. The van der Waals surface area contributed by atoms with Gasteiger partial charge in [0, 0.05) is 32.4 Å². The summed E-state index contributed by atoms with van der Waals surface area (Å²) in [6.45, 7) is 2.39. The van der Waals surface area contributed by atoms with Crippen molar-refractivity contribution in [1.82, 2.24) is 0 Å². The Labute approximate surface area is 117 Å². The van der Waals surface area contributed by atoms with E-state index in [2.05, 4.69) is 5.16 Å². The molecule has 110 valence electrons. The van der Waals surface area contributed by atoms with E-state index in [9.17, 15) is 4.39 Å². The van der Waals surface area contributed by atoms with Gasteiger partial charge in [-0.15, -0.1) is 0 Å². The number of benzene rings is 1. The molecule has 2 rings (SSSR count). The highest BCUT2D eigenvalue weighted by Gasteiger charge is 2.21. The maximum absolute atomic E-state index is 14.1. The van der Waals surface area contributed by atoms with Gasteiger partial charge in [0.05, 0.1) is 5.69 Å². The van der Waals surface area contributed by atoms with Crippen LogP contribution in [-0.2, 0) is 4.74 Å². The van der Waals surface area contributed by atoms with E-state index in [0.717, 1.165) is 32.5 Å².